The summed E-state index contributed by atoms with van der Waals surface area (Å²) in [7, 11) is 0. The first-order valence-corrected chi connectivity index (χ1v) is 7.79. The summed E-state index contributed by atoms with van der Waals surface area (Å²) in [5, 5.41) is 1.61. The SMILES string of the molecule is CCC(C)CSc1nc(C(C)(C)C)nc(Cl)c1C. The predicted molar refractivity (Wildman–Crippen MR) is 80.7 cm³/mol. The van der Waals surface area contributed by atoms with Crippen molar-refractivity contribution < 1.29 is 0 Å². The fourth-order valence-electron chi connectivity index (χ4n) is 1.29. The Balaban J connectivity index is 3.00. The van der Waals surface area contributed by atoms with Crippen molar-refractivity contribution in [3.63, 3.8) is 0 Å². The van der Waals surface area contributed by atoms with Crippen LogP contribution in [-0.4, -0.2) is 15.7 Å². The summed E-state index contributed by atoms with van der Waals surface area (Å²) in [6, 6.07) is 0. The lowest BCUT2D eigenvalue weighted by atomic mass is 9.96. The van der Waals surface area contributed by atoms with Gasteiger partial charge in [-0.1, -0.05) is 52.6 Å². The zero-order valence-corrected chi connectivity index (χ0v) is 13.7. The van der Waals surface area contributed by atoms with Crippen LogP contribution in [0.3, 0.4) is 0 Å². The Morgan fingerprint density at radius 2 is 1.89 bits per heavy atom. The van der Waals surface area contributed by atoms with Crippen molar-refractivity contribution in [2.45, 2.75) is 58.4 Å². The van der Waals surface area contributed by atoms with E-state index < -0.39 is 0 Å². The monoisotopic (exact) mass is 286 g/mol. The Morgan fingerprint density at radius 3 is 2.39 bits per heavy atom. The summed E-state index contributed by atoms with van der Waals surface area (Å²) in [4.78, 5) is 9.07. The molecule has 0 aliphatic carbocycles. The summed E-state index contributed by atoms with van der Waals surface area (Å²) >= 11 is 8.00. The molecule has 1 unspecified atom stereocenters. The van der Waals surface area contributed by atoms with Crippen molar-refractivity contribution in [3.05, 3.63) is 16.5 Å². The average Bonchev–Trinajstić information content (AvgIpc) is 2.28. The minimum atomic E-state index is -0.0664. The zero-order valence-electron chi connectivity index (χ0n) is 12.2. The maximum atomic E-state index is 6.21. The smallest absolute Gasteiger partial charge is 0.136 e. The summed E-state index contributed by atoms with van der Waals surface area (Å²) in [5.41, 5.74) is 0.932. The van der Waals surface area contributed by atoms with Gasteiger partial charge in [-0.05, 0) is 12.8 Å². The molecular weight excluding hydrogens is 264 g/mol. The van der Waals surface area contributed by atoms with Gasteiger partial charge in [0, 0.05) is 16.7 Å². The molecule has 0 saturated carbocycles. The fraction of sp³-hybridized carbons (Fsp3) is 0.714. The van der Waals surface area contributed by atoms with E-state index in [1.54, 1.807) is 11.8 Å². The Labute approximate surface area is 120 Å². The molecule has 1 aromatic rings. The fourth-order valence-corrected chi connectivity index (χ4v) is 2.65. The van der Waals surface area contributed by atoms with Crippen LogP contribution in [0.1, 0.15) is 52.4 Å². The van der Waals surface area contributed by atoms with Gasteiger partial charge < -0.3 is 0 Å². The second-order valence-electron chi connectivity index (χ2n) is 5.84. The van der Waals surface area contributed by atoms with Gasteiger partial charge in [0.1, 0.15) is 16.0 Å². The third-order valence-electron chi connectivity index (χ3n) is 2.91. The van der Waals surface area contributed by atoms with Crippen LogP contribution in [0.25, 0.3) is 0 Å². The van der Waals surface area contributed by atoms with Crippen LogP contribution in [0.2, 0.25) is 5.15 Å². The van der Waals surface area contributed by atoms with E-state index >= 15 is 0 Å². The largest absolute Gasteiger partial charge is 0.226 e. The molecule has 2 nitrogen and oxygen atoms in total. The van der Waals surface area contributed by atoms with E-state index in [0.29, 0.717) is 11.1 Å². The molecule has 0 saturated heterocycles. The van der Waals surface area contributed by atoms with Gasteiger partial charge in [-0.15, -0.1) is 11.8 Å². The minimum Gasteiger partial charge on any atom is -0.226 e. The molecule has 0 aliphatic rings. The molecule has 0 radical (unpaired) electrons. The van der Waals surface area contributed by atoms with Gasteiger partial charge in [0.05, 0.1) is 0 Å². The molecule has 1 heterocycles. The molecule has 0 bridgehead atoms. The highest BCUT2D eigenvalue weighted by atomic mass is 35.5. The Kier molecular flexibility index (Phi) is 5.47. The Morgan fingerprint density at radius 1 is 1.28 bits per heavy atom. The number of hydrogen-bond acceptors (Lipinski definition) is 3. The van der Waals surface area contributed by atoms with E-state index in [0.717, 1.165) is 22.2 Å². The van der Waals surface area contributed by atoms with Crippen molar-refractivity contribution in [3.8, 4) is 0 Å². The maximum Gasteiger partial charge on any atom is 0.136 e. The first-order valence-electron chi connectivity index (χ1n) is 6.43. The summed E-state index contributed by atoms with van der Waals surface area (Å²) < 4.78 is 0. The maximum absolute atomic E-state index is 6.21. The molecule has 0 aliphatic heterocycles. The highest BCUT2D eigenvalue weighted by Crippen LogP contribution is 2.30. The molecule has 0 amide bonds. The number of halogens is 1. The van der Waals surface area contributed by atoms with E-state index in [-0.39, 0.29) is 5.41 Å². The molecule has 4 heteroatoms. The van der Waals surface area contributed by atoms with Crippen molar-refractivity contribution in [2.24, 2.45) is 5.92 Å². The number of nitrogens with zero attached hydrogens (tertiary/aromatic N) is 2. The van der Waals surface area contributed by atoms with Crippen molar-refractivity contribution >= 4 is 23.4 Å². The van der Waals surface area contributed by atoms with Gasteiger partial charge in [0.2, 0.25) is 0 Å². The highest BCUT2D eigenvalue weighted by molar-refractivity contribution is 7.99. The van der Waals surface area contributed by atoms with Crippen LogP contribution in [0.5, 0.6) is 0 Å². The zero-order chi connectivity index (χ0) is 13.9. The van der Waals surface area contributed by atoms with Gasteiger partial charge in [-0.3, -0.25) is 0 Å². The average molecular weight is 287 g/mol. The standard InChI is InChI=1S/C14H23ClN2S/c1-7-9(2)8-18-12-10(3)11(15)16-13(17-12)14(4,5)6/h9H,7-8H2,1-6H3. The van der Waals surface area contributed by atoms with Crippen LogP contribution in [0.4, 0.5) is 0 Å². The van der Waals surface area contributed by atoms with Gasteiger partial charge in [-0.25, -0.2) is 9.97 Å². The molecular formula is C14H23ClN2S. The molecule has 1 atom stereocenters. The molecule has 18 heavy (non-hydrogen) atoms. The lowest BCUT2D eigenvalue weighted by molar-refractivity contribution is 0.537. The van der Waals surface area contributed by atoms with Crippen molar-refractivity contribution in [2.75, 3.05) is 5.75 Å². The topological polar surface area (TPSA) is 25.8 Å². The second-order valence-corrected chi connectivity index (χ2v) is 7.21. The first-order chi connectivity index (χ1) is 8.25. The third-order valence-corrected chi connectivity index (χ3v) is 4.69. The number of rotatable bonds is 4. The lowest BCUT2D eigenvalue weighted by Crippen LogP contribution is -2.17. The van der Waals surface area contributed by atoms with E-state index in [1.807, 2.05) is 6.92 Å². The Hall–Kier alpha value is -0.280. The summed E-state index contributed by atoms with van der Waals surface area (Å²) in [5.74, 6) is 2.60. The molecule has 0 N–H and O–H groups in total. The minimum absolute atomic E-state index is 0.0664. The van der Waals surface area contributed by atoms with Gasteiger partial charge >= 0.3 is 0 Å². The predicted octanol–water partition coefficient (Wildman–Crippen LogP) is 4.87. The van der Waals surface area contributed by atoms with Crippen LogP contribution < -0.4 is 0 Å². The van der Waals surface area contributed by atoms with Crippen LogP contribution in [0.15, 0.2) is 5.03 Å². The van der Waals surface area contributed by atoms with Crippen LogP contribution in [-0.2, 0) is 5.41 Å². The number of thioether (sulfide) groups is 1. The van der Waals surface area contributed by atoms with Gasteiger partial charge in [0.15, 0.2) is 0 Å². The first kappa shape index (κ1) is 15.8. The van der Waals surface area contributed by atoms with E-state index in [9.17, 15) is 0 Å². The molecule has 1 aromatic heterocycles. The molecule has 0 fully saturated rings. The quantitative estimate of drug-likeness (QED) is 0.583. The number of aromatic nitrogens is 2. The molecule has 1 rings (SSSR count). The summed E-state index contributed by atoms with van der Waals surface area (Å²) in [6.45, 7) is 12.8. The lowest BCUT2D eigenvalue weighted by Gasteiger charge is -2.19. The van der Waals surface area contributed by atoms with Crippen LogP contribution in [0, 0.1) is 12.8 Å². The van der Waals surface area contributed by atoms with Crippen molar-refractivity contribution in [1.29, 1.82) is 0 Å². The van der Waals surface area contributed by atoms with E-state index in [4.69, 9.17) is 11.6 Å². The molecule has 0 aromatic carbocycles. The second kappa shape index (κ2) is 6.25. The highest BCUT2D eigenvalue weighted by Gasteiger charge is 2.20. The molecule has 102 valence electrons. The van der Waals surface area contributed by atoms with Gasteiger partial charge in [-0.2, -0.15) is 0 Å². The third kappa shape index (κ3) is 4.13. The van der Waals surface area contributed by atoms with Gasteiger partial charge in [0.25, 0.3) is 0 Å². The van der Waals surface area contributed by atoms with E-state index in [1.165, 1.54) is 6.42 Å². The number of hydrogen-bond donors (Lipinski definition) is 0. The molecule has 0 spiro atoms. The normalized spacial score (nSPS) is 13.7. The van der Waals surface area contributed by atoms with E-state index in [2.05, 4.69) is 44.6 Å². The summed E-state index contributed by atoms with van der Waals surface area (Å²) in [6.07, 6.45) is 1.19. The van der Waals surface area contributed by atoms with Crippen LogP contribution >= 0.6 is 23.4 Å². The Bertz CT molecular complexity index is 413. The van der Waals surface area contributed by atoms with Crippen molar-refractivity contribution in [1.82, 2.24) is 9.97 Å².